The molecule has 11 heteroatoms. The Balaban J connectivity index is 0.000000204. The number of hydrogen-bond acceptors (Lipinski definition) is 4. The lowest BCUT2D eigenvalue weighted by molar-refractivity contribution is -0.852. The van der Waals surface area contributed by atoms with E-state index in [1.807, 2.05) is 43.3 Å². The van der Waals surface area contributed by atoms with Gasteiger partial charge in [0.1, 0.15) is 0 Å². The topological polar surface area (TPSA) is 89.8 Å². The van der Waals surface area contributed by atoms with E-state index >= 15 is 0 Å². The summed E-state index contributed by atoms with van der Waals surface area (Å²) in [6, 6.07) is 11.6. The number of nitrogens with one attached hydrogen (secondary N) is 1. The van der Waals surface area contributed by atoms with Crippen molar-refractivity contribution >= 4 is 21.2 Å². The minimum Gasteiger partial charge on any atom is -0.741 e. The maximum absolute atomic E-state index is 12.8. The van der Waals surface area contributed by atoms with E-state index < -0.39 is 15.6 Å². The van der Waals surface area contributed by atoms with Crippen LogP contribution in [0.2, 0.25) is 0 Å². The molecule has 0 unspecified atom stereocenters. The van der Waals surface area contributed by atoms with Crippen molar-refractivity contribution in [1.82, 2.24) is 9.97 Å². The molecule has 0 atom stereocenters. The van der Waals surface area contributed by atoms with Crippen molar-refractivity contribution < 1.29 is 35.4 Å². The number of aromatic amines is 1. The number of nitrogens with zero attached hydrogens (tertiary/aromatic N) is 2. The first kappa shape index (κ1) is 22.5. The van der Waals surface area contributed by atoms with Crippen molar-refractivity contribution in [3.63, 3.8) is 0 Å². The van der Waals surface area contributed by atoms with Crippen LogP contribution in [0.1, 0.15) is 17.0 Å². The second-order valence-corrected chi connectivity index (χ2v) is 6.79. The summed E-state index contributed by atoms with van der Waals surface area (Å²) >= 11 is 0. The quantitative estimate of drug-likeness (QED) is 0.352. The molecule has 0 aliphatic rings. The zero-order valence-corrected chi connectivity index (χ0v) is 15.4. The Labute approximate surface area is 153 Å². The molecule has 3 aromatic rings. The third kappa shape index (κ3) is 6.94. The minimum absolute atomic E-state index is 0.650. The smallest absolute Gasteiger partial charge is 0.485 e. The van der Waals surface area contributed by atoms with Crippen LogP contribution in [0.4, 0.5) is 17.7 Å². The first-order chi connectivity index (χ1) is 12.3. The van der Waals surface area contributed by atoms with Gasteiger partial charge in [0, 0.05) is 30.8 Å². The zero-order valence-electron chi connectivity index (χ0n) is 14.6. The summed E-state index contributed by atoms with van der Waals surface area (Å²) in [6.45, 7) is 5.46. The maximum atomic E-state index is 12.8. The highest BCUT2D eigenvalue weighted by Gasteiger charge is 2.36. The van der Waals surface area contributed by atoms with Gasteiger partial charge in [0.25, 0.3) is 0 Å². The van der Waals surface area contributed by atoms with Crippen LogP contribution in [0.15, 0.2) is 42.7 Å². The number of aromatic nitrogens is 3. The van der Waals surface area contributed by atoms with Gasteiger partial charge < -0.3 is 9.54 Å². The summed E-state index contributed by atoms with van der Waals surface area (Å²) in [7, 11) is -6.09. The molecule has 3 rings (SSSR count). The zero-order chi connectivity index (χ0) is 20.8. The largest absolute Gasteiger partial charge is 0.741 e. The van der Waals surface area contributed by atoms with E-state index in [4.69, 9.17) is 13.0 Å². The SMILES string of the molecule is Cc1cc(C)[n+](F)c(C)c1.O=S(=O)([O-])C(F)(F)F.c1ccc2[nH]cnc2c1. The fourth-order valence-electron chi connectivity index (χ4n) is 1.97. The second kappa shape index (κ2) is 8.91. The maximum Gasteiger partial charge on any atom is 0.485 e. The molecule has 6 nitrogen and oxygen atoms in total. The number of imidazole rings is 1. The molecular weight excluding hydrogens is 390 g/mol. The van der Waals surface area contributed by atoms with Crippen molar-refractivity contribution in [3.8, 4) is 0 Å². The average molecular weight is 407 g/mol. The monoisotopic (exact) mass is 407 g/mol. The van der Waals surface area contributed by atoms with Crippen LogP contribution in [0.3, 0.4) is 0 Å². The number of para-hydroxylation sites is 2. The molecule has 2 aromatic heterocycles. The predicted octanol–water partition coefficient (Wildman–Crippen LogP) is 3.25. The number of hydrogen-bond donors (Lipinski definition) is 1. The van der Waals surface area contributed by atoms with Gasteiger partial charge >= 0.3 is 5.51 Å². The molecule has 0 radical (unpaired) electrons. The number of halogens is 4. The molecule has 1 N–H and O–H groups in total. The summed E-state index contributed by atoms with van der Waals surface area (Å²) in [5, 5.41) is 0. The Hall–Kier alpha value is -2.53. The van der Waals surface area contributed by atoms with Crippen LogP contribution >= 0.6 is 0 Å². The van der Waals surface area contributed by atoms with E-state index in [1.165, 1.54) is 0 Å². The molecule has 0 amide bonds. The van der Waals surface area contributed by atoms with Crippen molar-refractivity contribution in [2.75, 3.05) is 0 Å². The van der Waals surface area contributed by atoms with Gasteiger partial charge in [-0.2, -0.15) is 13.2 Å². The molecule has 0 saturated heterocycles. The standard InChI is InChI=1S/C8H11FN.C7H6N2.CHF3O3S/c1-6-4-7(2)10(9)8(3)5-6;1-2-4-7-6(3-1)8-5-9-7;2-1(3,4)8(5,6)7/h4-5H,1-3H3;1-5H,(H,8,9);(H,5,6,7)/q+1;;/p-1. The normalized spacial score (nSPS) is 11.3. The minimum atomic E-state index is -6.09. The number of alkyl halides is 3. The van der Waals surface area contributed by atoms with E-state index in [-0.39, 0.29) is 0 Å². The lowest BCUT2D eigenvalue weighted by Crippen LogP contribution is -2.30. The molecule has 148 valence electrons. The van der Waals surface area contributed by atoms with E-state index in [0.29, 0.717) is 16.2 Å². The summed E-state index contributed by atoms with van der Waals surface area (Å²) in [4.78, 5) is 7.76. The first-order valence-corrected chi connectivity index (χ1v) is 8.80. The van der Waals surface area contributed by atoms with Gasteiger partial charge in [-0.15, -0.1) is 0 Å². The number of pyridine rings is 1. The van der Waals surface area contributed by atoms with E-state index in [0.717, 1.165) is 16.6 Å². The molecular formula is C16H17F4N3O3S. The second-order valence-electron chi connectivity index (χ2n) is 5.42. The Morgan fingerprint density at radius 2 is 1.56 bits per heavy atom. The molecule has 0 bridgehead atoms. The van der Waals surface area contributed by atoms with Gasteiger partial charge in [-0.05, 0) is 24.6 Å². The molecule has 1 aromatic carbocycles. The summed E-state index contributed by atoms with van der Waals surface area (Å²) in [5.74, 6) is 0. The molecule has 0 spiro atoms. The lowest BCUT2D eigenvalue weighted by Gasteiger charge is -2.08. The Morgan fingerprint density at radius 1 is 1.07 bits per heavy atom. The van der Waals surface area contributed by atoms with Gasteiger partial charge in [0.2, 0.25) is 11.4 Å². The van der Waals surface area contributed by atoms with Crippen LogP contribution in [0, 0.1) is 20.8 Å². The Morgan fingerprint density at radius 3 is 2.00 bits per heavy atom. The summed E-state index contributed by atoms with van der Waals surface area (Å²) in [6.07, 6.45) is 1.70. The number of fused-ring (bicyclic) bond motifs is 1. The van der Waals surface area contributed by atoms with E-state index in [2.05, 4.69) is 9.97 Å². The number of aryl methyl sites for hydroxylation is 3. The van der Waals surface area contributed by atoms with Crippen LogP contribution in [0.5, 0.6) is 0 Å². The third-order valence-corrected chi connectivity index (χ3v) is 3.67. The van der Waals surface area contributed by atoms with Crippen LogP contribution in [-0.2, 0) is 10.1 Å². The van der Waals surface area contributed by atoms with Gasteiger partial charge in [0.15, 0.2) is 10.1 Å². The fourth-order valence-corrected chi connectivity index (χ4v) is 1.97. The van der Waals surface area contributed by atoms with Crippen LogP contribution < -0.4 is 4.79 Å². The molecule has 0 aliphatic carbocycles. The lowest BCUT2D eigenvalue weighted by atomic mass is 10.2. The van der Waals surface area contributed by atoms with Crippen molar-refractivity contribution in [3.05, 3.63) is 59.7 Å². The van der Waals surface area contributed by atoms with Crippen molar-refractivity contribution in [2.24, 2.45) is 0 Å². The van der Waals surface area contributed by atoms with Crippen molar-refractivity contribution in [2.45, 2.75) is 26.3 Å². The van der Waals surface area contributed by atoms with Gasteiger partial charge in [0.05, 0.1) is 21.8 Å². The van der Waals surface area contributed by atoms with Gasteiger partial charge in [-0.3, -0.25) is 0 Å². The van der Waals surface area contributed by atoms with Gasteiger partial charge in [-0.25, -0.2) is 13.4 Å². The van der Waals surface area contributed by atoms with Crippen molar-refractivity contribution in [1.29, 1.82) is 0 Å². The van der Waals surface area contributed by atoms with E-state index in [1.54, 1.807) is 20.2 Å². The highest BCUT2D eigenvalue weighted by Crippen LogP contribution is 2.20. The highest BCUT2D eigenvalue weighted by molar-refractivity contribution is 7.86. The fraction of sp³-hybridized carbons (Fsp3) is 0.250. The predicted molar refractivity (Wildman–Crippen MR) is 89.2 cm³/mol. The molecule has 0 aliphatic heterocycles. The number of benzene rings is 1. The van der Waals surface area contributed by atoms with Gasteiger partial charge in [-0.1, -0.05) is 12.1 Å². The molecule has 27 heavy (non-hydrogen) atoms. The molecule has 0 saturated carbocycles. The molecule has 2 heterocycles. The van der Waals surface area contributed by atoms with Crippen LogP contribution in [-0.4, -0.2) is 28.4 Å². The highest BCUT2D eigenvalue weighted by atomic mass is 32.2. The number of rotatable bonds is 0. The number of H-pyrrole nitrogens is 1. The average Bonchev–Trinajstić information content (AvgIpc) is 3.00. The first-order valence-electron chi connectivity index (χ1n) is 7.39. The third-order valence-electron chi connectivity index (χ3n) is 3.10. The van der Waals surface area contributed by atoms with Crippen LogP contribution in [0.25, 0.3) is 11.0 Å². The molecule has 0 fully saturated rings. The summed E-state index contributed by atoms with van der Waals surface area (Å²) in [5.41, 5.74) is -1.12. The summed E-state index contributed by atoms with van der Waals surface area (Å²) < 4.78 is 71.7. The Kier molecular flexibility index (Phi) is 7.43. The Bertz CT molecular complexity index is 948. The van der Waals surface area contributed by atoms with E-state index in [9.17, 15) is 17.7 Å².